The maximum absolute atomic E-state index is 10.8. The van der Waals surface area contributed by atoms with Gasteiger partial charge in [0.2, 0.25) is 0 Å². The number of carboxylic acids is 1. The van der Waals surface area contributed by atoms with Gasteiger partial charge in [0.1, 0.15) is 0 Å². The van der Waals surface area contributed by atoms with Crippen molar-refractivity contribution in [1.29, 1.82) is 0 Å². The third-order valence-electron chi connectivity index (χ3n) is 1.91. The number of carbonyl (C=O) groups is 1. The van der Waals surface area contributed by atoms with Crippen LogP contribution < -0.4 is 0 Å². The van der Waals surface area contributed by atoms with Crippen LogP contribution in [0.4, 0.5) is 0 Å². The van der Waals surface area contributed by atoms with Crippen LogP contribution in [0, 0.1) is 0 Å². The number of pyridine rings is 1. The van der Waals surface area contributed by atoms with E-state index in [-0.39, 0.29) is 5.56 Å². The van der Waals surface area contributed by atoms with Gasteiger partial charge in [-0.2, -0.15) is 0 Å². The molecule has 0 fully saturated rings. The first-order chi connectivity index (χ1) is 6.68. The third-order valence-corrected chi connectivity index (χ3v) is 2.11. The highest BCUT2D eigenvalue weighted by Gasteiger charge is 2.08. The Labute approximate surface area is 85.0 Å². The molecule has 0 bridgehead atoms. The van der Waals surface area contributed by atoms with Gasteiger partial charge in [-0.3, -0.25) is 4.98 Å². The largest absolute Gasteiger partial charge is 0.478 e. The quantitative estimate of drug-likeness (QED) is 0.782. The smallest absolute Gasteiger partial charge is 0.337 e. The number of carboxylic acid groups (broad SMARTS) is 1. The molecule has 0 radical (unpaired) electrons. The lowest BCUT2D eigenvalue weighted by molar-refractivity contribution is 0.0699. The molecule has 14 heavy (non-hydrogen) atoms. The van der Waals surface area contributed by atoms with Gasteiger partial charge in [0.05, 0.1) is 16.1 Å². The van der Waals surface area contributed by atoms with Crippen LogP contribution in [0.5, 0.6) is 0 Å². The number of benzene rings is 1. The van der Waals surface area contributed by atoms with Gasteiger partial charge < -0.3 is 5.11 Å². The Hall–Kier alpha value is -1.61. The zero-order valence-corrected chi connectivity index (χ0v) is 7.82. The fourth-order valence-corrected chi connectivity index (χ4v) is 1.47. The van der Waals surface area contributed by atoms with Gasteiger partial charge in [0.25, 0.3) is 0 Å². The molecule has 4 heteroatoms. The highest BCUT2D eigenvalue weighted by Crippen LogP contribution is 2.19. The standard InChI is InChI=1S/C10H6ClNO2/c11-7-4-6-2-1-3-8(10(13)14)9(6)12-5-7/h1-5H,(H,13,14). The monoisotopic (exact) mass is 207 g/mol. The summed E-state index contributed by atoms with van der Waals surface area (Å²) in [5.74, 6) is -0.981. The summed E-state index contributed by atoms with van der Waals surface area (Å²) >= 11 is 5.74. The predicted octanol–water partition coefficient (Wildman–Crippen LogP) is 2.59. The zero-order chi connectivity index (χ0) is 10.1. The Morgan fingerprint density at radius 1 is 1.43 bits per heavy atom. The van der Waals surface area contributed by atoms with Crippen molar-refractivity contribution < 1.29 is 9.90 Å². The Balaban J connectivity index is 2.81. The second-order valence-electron chi connectivity index (χ2n) is 2.84. The van der Waals surface area contributed by atoms with E-state index in [2.05, 4.69) is 4.98 Å². The average Bonchev–Trinajstić information content (AvgIpc) is 2.16. The number of halogens is 1. The molecule has 3 nitrogen and oxygen atoms in total. The van der Waals surface area contributed by atoms with E-state index in [4.69, 9.17) is 16.7 Å². The first-order valence-electron chi connectivity index (χ1n) is 3.96. The molecular formula is C10H6ClNO2. The molecule has 0 amide bonds. The Kier molecular flexibility index (Phi) is 2.09. The van der Waals surface area contributed by atoms with E-state index in [0.717, 1.165) is 5.39 Å². The molecule has 1 N–H and O–H groups in total. The molecule has 70 valence electrons. The van der Waals surface area contributed by atoms with Crippen molar-refractivity contribution >= 4 is 28.5 Å². The highest BCUT2D eigenvalue weighted by atomic mass is 35.5. The minimum Gasteiger partial charge on any atom is -0.478 e. The lowest BCUT2D eigenvalue weighted by atomic mass is 10.1. The second-order valence-corrected chi connectivity index (χ2v) is 3.27. The van der Waals surface area contributed by atoms with Gasteiger partial charge in [-0.1, -0.05) is 23.7 Å². The molecule has 0 saturated carbocycles. The van der Waals surface area contributed by atoms with Crippen LogP contribution in [0.2, 0.25) is 5.02 Å². The van der Waals surface area contributed by atoms with E-state index in [9.17, 15) is 4.79 Å². The lowest BCUT2D eigenvalue weighted by Crippen LogP contribution is -1.98. The normalized spacial score (nSPS) is 10.4. The van der Waals surface area contributed by atoms with Crippen molar-refractivity contribution in [2.24, 2.45) is 0 Å². The molecule has 0 spiro atoms. The number of hydrogen-bond donors (Lipinski definition) is 1. The number of aromatic carboxylic acids is 1. The van der Waals surface area contributed by atoms with Crippen LogP contribution in [0.15, 0.2) is 30.5 Å². The average molecular weight is 208 g/mol. The molecule has 2 aromatic rings. The van der Waals surface area contributed by atoms with Gasteiger partial charge in [-0.15, -0.1) is 0 Å². The van der Waals surface area contributed by atoms with Crippen LogP contribution in [0.25, 0.3) is 10.9 Å². The molecule has 2 rings (SSSR count). The number of fused-ring (bicyclic) bond motifs is 1. The molecule has 1 aromatic carbocycles. The summed E-state index contributed by atoms with van der Waals surface area (Å²) in [6.07, 6.45) is 1.44. The molecule has 0 saturated heterocycles. The molecule has 1 aromatic heterocycles. The fourth-order valence-electron chi connectivity index (χ4n) is 1.31. The van der Waals surface area contributed by atoms with Crippen molar-refractivity contribution in [1.82, 2.24) is 4.98 Å². The lowest BCUT2D eigenvalue weighted by Gasteiger charge is -2.00. The first-order valence-corrected chi connectivity index (χ1v) is 4.34. The summed E-state index contributed by atoms with van der Waals surface area (Å²) in [6.45, 7) is 0. The minimum absolute atomic E-state index is 0.194. The van der Waals surface area contributed by atoms with Gasteiger partial charge in [-0.05, 0) is 12.1 Å². The maximum atomic E-state index is 10.8. The Morgan fingerprint density at radius 3 is 2.93 bits per heavy atom. The molecular weight excluding hydrogens is 202 g/mol. The molecule has 0 aliphatic carbocycles. The van der Waals surface area contributed by atoms with Crippen molar-refractivity contribution in [3.63, 3.8) is 0 Å². The van der Waals surface area contributed by atoms with Crippen LogP contribution >= 0.6 is 11.6 Å². The summed E-state index contributed by atoms with van der Waals surface area (Å²) in [5, 5.41) is 10.1. The number of aromatic nitrogens is 1. The van der Waals surface area contributed by atoms with Gasteiger partial charge >= 0.3 is 5.97 Å². The summed E-state index contributed by atoms with van der Waals surface area (Å²) in [7, 11) is 0. The fraction of sp³-hybridized carbons (Fsp3) is 0. The minimum atomic E-state index is -0.981. The van der Waals surface area contributed by atoms with Crippen molar-refractivity contribution in [2.45, 2.75) is 0 Å². The summed E-state index contributed by atoms with van der Waals surface area (Å²) in [4.78, 5) is 14.8. The maximum Gasteiger partial charge on any atom is 0.337 e. The molecule has 0 aliphatic heterocycles. The number of rotatable bonds is 1. The van der Waals surface area contributed by atoms with E-state index >= 15 is 0 Å². The first kappa shape index (κ1) is 8.97. The Morgan fingerprint density at radius 2 is 2.21 bits per heavy atom. The van der Waals surface area contributed by atoms with Crippen LogP contribution in [-0.4, -0.2) is 16.1 Å². The molecule has 0 aliphatic rings. The van der Waals surface area contributed by atoms with Crippen molar-refractivity contribution in [2.75, 3.05) is 0 Å². The van der Waals surface area contributed by atoms with Crippen molar-refractivity contribution in [3.05, 3.63) is 41.0 Å². The van der Waals surface area contributed by atoms with Gasteiger partial charge in [0.15, 0.2) is 0 Å². The second kappa shape index (κ2) is 3.27. The zero-order valence-electron chi connectivity index (χ0n) is 7.07. The van der Waals surface area contributed by atoms with Crippen LogP contribution in [0.3, 0.4) is 0 Å². The third kappa shape index (κ3) is 1.42. The SMILES string of the molecule is O=C(O)c1cccc2cc(Cl)cnc12. The van der Waals surface area contributed by atoms with E-state index < -0.39 is 5.97 Å². The number of nitrogens with zero attached hydrogens (tertiary/aromatic N) is 1. The summed E-state index contributed by atoms with van der Waals surface area (Å²) in [5.41, 5.74) is 0.656. The van der Waals surface area contributed by atoms with E-state index in [1.54, 1.807) is 18.2 Å². The number of para-hydroxylation sites is 1. The Bertz CT molecular complexity index is 510. The predicted molar refractivity (Wildman–Crippen MR) is 53.7 cm³/mol. The molecule has 0 unspecified atom stereocenters. The van der Waals surface area contributed by atoms with E-state index in [1.807, 2.05) is 0 Å². The van der Waals surface area contributed by atoms with Gasteiger partial charge in [0, 0.05) is 11.6 Å². The van der Waals surface area contributed by atoms with E-state index in [0.29, 0.717) is 10.5 Å². The van der Waals surface area contributed by atoms with E-state index in [1.165, 1.54) is 12.3 Å². The topological polar surface area (TPSA) is 50.2 Å². The summed E-state index contributed by atoms with van der Waals surface area (Å²) < 4.78 is 0. The summed E-state index contributed by atoms with van der Waals surface area (Å²) in [6, 6.07) is 6.66. The van der Waals surface area contributed by atoms with Crippen LogP contribution in [-0.2, 0) is 0 Å². The van der Waals surface area contributed by atoms with Crippen molar-refractivity contribution in [3.8, 4) is 0 Å². The highest BCUT2D eigenvalue weighted by molar-refractivity contribution is 6.31. The van der Waals surface area contributed by atoms with Gasteiger partial charge in [-0.25, -0.2) is 4.79 Å². The molecule has 0 atom stereocenters. The number of hydrogen-bond acceptors (Lipinski definition) is 2. The van der Waals surface area contributed by atoms with Crippen LogP contribution in [0.1, 0.15) is 10.4 Å². The molecule has 1 heterocycles.